The normalized spacial score (nSPS) is 22.2. The third kappa shape index (κ3) is 0.850. The molecule has 0 aromatic carbocycles. The van der Waals surface area contributed by atoms with Crippen LogP contribution < -0.4 is 4.57 Å². The molecule has 0 N–H and O–H groups in total. The van der Waals surface area contributed by atoms with Crippen molar-refractivity contribution in [1.82, 2.24) is 9.55 Å². The number of hydrogen-bond acceptors (Lipinski definition) is 1. The van der Waals surface area contributed by atoms with E-state index in [4.69, 9.17) is 0 Å². The summed E-state index contributed by atoms with van der Waals surface area (Å²) in [5.41, 5.74) is 0.896. The van der Waals surface area contributed by atoms with E-state index in [1.807, 2.05) is 30.6 Å². The Kier molecular flexibility index (Phi) is 1.44. The fourth-order valence-electron chi connectivity index (χ4n) is 2.19. The molecule has 0 aliphatic carbocycles. The zero-order valence-electron chi connectivity index (χ0n) is 8.59. The van der Waals surface area contributed by atoms with Crippen LogP contribution in [-0.4, -0.2) is 9.55 Å². The van der Waals surface area contributed by atoms with Crippen molar-refractivity contribution in [2.45, 2.75) is 12.6 Å². The molecule has 1 aliphatic rings. The van der Waals surface area contributed by atoms with Crippen molar-refractivity contribution < 1.29 is 4.57 Å². The smallest absolute Gasteiger partial charge is 0.261 e. The number of imidazole rings is 1. The third-order valence-corrected chi connectivity index (χ3v) is 3.09. The average molecular weight is 198 g/mol. The Labute approximate surface area is 88.3 Å². The van der Waals surface area contributed by atoms with Gasteiger partial charge in [0.25, 0.3) is 11.4 Å². The minimum atomic E-state index is -0.234. The van der Waals surface area contributed by atoms with Gasteiger partial charge in [0, 0.05) is 37.5 Å². The lowest BCUT2D eigenvalue weighted by Gasteiger charge is -2.16. The first kappa shape index (κ1) is 8.41. The molecule has 3 heteroatoms. The zero-order chi connectivity index (χ0) is 10.5. The van der Waals surface area contributed by atoms with Crippen LogP contribution in [0, 0.1) is 0 Å². The van der Waals surface area contributed by atoms with Crippen LogP contribution in [0.4, 0.5) is 0 Å². The number of nitrogens with zero attached hydrogens (tertiary/aromatic N) is 3. The summed E-state index contributed by atoms with van der Waals surface area (Å²) in [5, 5.41) is 0. The van der Waals surface area contributed by atoms with E-state index in [1.165, 1.54) is 0 Å². The number of aromatic nitrogens is 3. The Balaban J connectivity index is 2.43. The van der Waals surface area contributed by atoms with E-state index in [0.29, 0.717) is 0 Å². The monoisotopic (exact) mass is 198 g/mol. The second kappa shape index (κ2) is 2.57. The van der Waals surface area contributed by atoms with Crippen molar-refractivity contribution in [3.63, 3.8) is 0 Å². The first-order valence-corrected chi connectivity index (χ1v) is 4.96. The third-order valence-electron chi connectivity index (χ3n) is 3.09. The summed E-state index contributed by atoms with van der Waals surface area (Å²) >= 11 is 0. The van der Waals surface area contributed by atoms with Gasteiger partial charge in [-0.3, -0.25) is 4.57 Å². The summed E-state index contributed by atoms with van der Waals surface area (Å²) in [5.74, 6) is 0.998. The van der Waals surface area contributed by atoms with E-state index in [9.17, 15) is 0 Å². The molecule has 0 saturated heterocycles. The molecule has 0 bridgehead atoms. The van der Waals surface area contributed by atoms with E-state index < -0.39 is 0 Å². The Morgan fingerprint density at radius 3 is 3.20 bits per heavy atom. The van der Waals surface area contributed by atoms with Crippen molar-refractivity contribution in [3.05, 3.63) is 49.4 Å². The van der Waals surface area contributed by atoms with Crippen molar-refractivity contribution in [2.24, 2.45) is 0 Å². The maximum absolute atomic E-state index is 4.38. The van der Waals surface area contributed by atoms with Gasteiger partial charge in [0.05, 0.1) is 0 Å². The van der Waals surface area contributed by atoms with Gasteiger partial charge >= 0.3 is 0 Å². The molecule has 3 heterocycles. The largest absolute Gasteiger partial charge is 0.265 e. The maximum Gasteiger partial charge on any atom is 0.265 e. The van der Waals surface area contributed by atoms with E-state index in [0.717, 1.165) is 11.5 Å². The van der Waals surface area contributed by atoms with Gasteiger partial charge < -0.3 is 0 Å². The standard InChI is InChI=1S/C12H12N3/c1-3-12(2)14-8-5-4-6-10(14)11-13-7-9-15(11)12/h3-9H,1H2,2H3/q+1. The quantitative estimate of drug-likeness (QED) is 0.503. The molecule has 2 aromatic rings. The van der Waals surface area contributed by atoms with Crippen LogP contribution in [0.25, 0.3) is 11.5 Å². The van der Waals surface area contributed by atoms with Gasteiger partial charge in [0.1, 0.15) is 0 Å². The van der Waals surface area contributed by atoms with Crippen LogP contribution in [0.5, 0.6) is 0 Å². The lowest BCUT2D eigenvalue weighted by molar-refractivity contribution is -0.736. The summed E-state index contributed by atoms with van der Waals surface area (Å²) in [6.45, 7) is 6.05. The van der Waals surface area contributed by atoms with E-state index in [-0.39, 0.29) is 5.66 Å². The van der Waals surface area contributed by atoms with Crippen LogP contribution in [0.1, 0.15) is 6.92 Å². The number of fused-ring (bicyclic) bond motifs is 3. The molecule has 74 valence electrons. The van der Waals surface area contributed by atoms with E-state index in [1.54, 1.807) is 0 Å². The summed E-state index contributed by atoms with van der Waals surface area (Å²) < 4.78 is 4.32. The van der Waals surface area contributed by atoms with Gasteiger partial charge in [-0.25, -0.2) is 4.98 Å². The van der Waals surface area contributed by atoms with Crippen LogP contribution >= 0.6 is 0 Å². The lowest BCUT2D eigenvalue weighted by atomic mass is 10.2. The summed E-state index contributed by atoms with van der Waals surface area (Å²) in [7, 11) is 0. The first-order valence-electron chi connectivity index (χ1n) is 4.96. The average Bonchev–Trinajstić information content (AvgIpc) is 2.83. The molecule has 1 unspecified atom stereocenters. The lowest BCUT2D eigenvalue weighted by Crippen LogP contribution is -2.53. The topological polar surface area (TPSA) is 21.7 Å². The molecule has 0 radical (unpaired) electrons. The fourth-order valence-corrected chi connectivity index (χ4v) is 2.19. The fraction of sp³-hybridized carbons (Fsp3) is 0.167. The highest BCUT2D eigenvalue weighted by atomic mass is 15.3. The van der Waals surface area contributed by atoms with Gasteiger partial charge in [0.2, 0.25) is 5.82 Å². The number of pyridine rings is 1. The highest BCUT2D eigenvalue weighted by Crippen LogP contribution is 2.29. The molecular formula is C12H12N3+. The first-order chi connectivity index (χ1) is 7.27. The predicted octanol–water partition coefficient (Wildman–Crippen LogP) is 1.56. The molecule has 0 fully saturated rings. The Morgan fingerprint density at radius 1 is 1.53 bits per heavy atom. The molecule has 2 aromatic heterocycles. The summed E-state index contributed by atoms with van der Waals surface area (Å²) in [4.78, 5) is 4.38. The summed E-state index contributed by atoms with van der Waals surface area (Å²) in [6.07, 6.45) is 7.82. The number of hydrogen-bond donors (Lipinski definition) is 0. The van der Waals surface area contributed by atoms with Gasteiger partial charge in [0.15, 0.2) is 6.20 Å². The molecule has 3 nitrogen and oxygen atoms in total. The second-order valence-electron chi connectivity index (χ2n) is 3.87. The number of rotatable bonds is 1. The van der Waals surface area contributed by atoms with Crippen molar-refractivity contribution in [2.75, 3.05) is 0 Å². The number of allylic oxidation sites excluding steroid dienone is 1. The highest BCUT2D eigenvalue weighted by Gasteiger charge is 2.44. The molecule has 0 spiro atoms. The van der Waals surface area contributed by atoms with Gasteiger partial charge in [-0.05, 0) is 6.07 Å². The molecule has 3 rings (SSSR count). The van der Waals surface area contributed by atoms with Crippen LogP contribution in [0.2, 0.25) is 0 Å². The Morgan fingerprint density at radius 2 is 2.40 bits per heavy atom. The Bertz CT molecular complexity index is 541. The van der Waals surface area contributed by atoms with Crippen LogP contribution in [0.15, 0.2) is 49.4 Å². The Hall–Kier alpha value is -1.90. The second-order valence-corrected chi connectivity index (χ2v) is 3.87. The molecule has 15 heavy (non-hydrogen) atoms. The molecular weight excluding hydrogens is 186 g/mol. The van der Waals surface area contributed by atoms with Crippen LogP contribution in [0.3, 0.4) is 0 Å². The minimum Gasteiger partial charge on any atom is -0.261 e. The zero-order valence-corrected chi connectivity index (χ0v) is 8.59. The molecule has 0 amide bonds. The van der Waals surface area contributed by atoms with Gasteiger partial charge in [-0.2, -0.15) is 4.57 Å². The van der Waals surface area contributed by atoms with Crippen molar-refractivity contribution in [1.29, 1.82) is 0 Å². The molecule has 1 atom stereocenters. The van der Waals surface area contributed by atoms with Crippen LogP contribution in [-0.2, 0) is 5.66 Å². The maximum atomic E-state index is 4.38. The minimum absolute atomic E-state index is 0.234. The van der Waals surface area contributed by atoms with E-state index in [2.05, 4.69) is 39.9 Å². The van der Waals surface area contributed by atoms with Gasteiger partial charge in [-0.15, -0.1) is 0 Å². The van der Waals surface area contributed by atoms with Gasteiger partial charge in [-0.1, -0.05) is 6.58 Å². The van der Waals surface area contributed by atoms with Crippen molar-refractivity contribution in [3.8, 4) is 11.5 Å². The van der Waals surface area contributed by atoms with Crippen molar-refractivity contribution >= 4 is 0 Å². The molecule has 1 aliphatic heterocycles. The predicted molar refractivity (Wildman–Crippen MR) is 57.1 cm³/mol. The van der Waals surface area contributed by atoms with E-state index >= 15 is 0 Å². The SMILES string of the molecule is C=CC1(C)n2ccnc2-c2cccc[n+]21. The summed E-state index contributed by atoms with van der Waals surface area (Å²) in [6, 6.07) is 6.13. The molecule has 0 saturated carbocycles. The highest BCUT2D eigenvalue weighted by molar-refractivity contribution is 5.48.